The maximum atomic E-state index is 13.0. The van der Waals surface area contributed by atoms with E-state index in [9.17, 15) is 21.6 Å². The molecule has 1 fully saturated rings. The Balaban J connectivity index is 1.76. The van der Waals surface area contributed by atoms with Crippen LogP contribution in [-0.4, -0.2) is 65.2 Å². The Bertz CT molecular complexity index is 1160. The first-order chi connectivity index (χ1) is 14.1. The van der Waals surface area contributed by atoms with Gasteiger partial charge in [-0.1, -0.05) is 17.7 Å². The van der Waals surface area contributed by atoms with Crippen molar-refractivity contribution in [1.82, 2.24) is 13.9 Å². The van der Waals surface area contributed by atoms with Crippen molar-refractivity contribution in [2.45, 2.75) is 16.7 Å². The molecule has 0 saturated carbocycles. The Labute approximate surface area is 181 Å². The van der Waals surface area contributed by atoms with Crippen LogP contribution in [-0.2, 0) is 20.0 Å². The third-order valence-electron chi connectivity index (χ3n) is 5.00. The van der Waals surface area contributed by atoms with E-state index in [1.165, 1.54) is 52.7 Å². The summed E-state index contributed by atoms with van der Waals surface area (Å²) in [6.07, 6.45) is 0. The van der Waals surface area contributed by atoms with Crippen LogP contribution in [0.3, 0.4) is 0 Å². The number of benzene rings is 2. The Morgan fingerprint density at radius 1 is 0.933 bits per heavy atom. The maximum Gasteiger partial charge on any atom is 0.254 e. The molecule has 0 unspecified atom stereocenters. The highest BCUT2D eigenvalue weighted by atomic mass is 35.5. The summed E-state index contributed by atoms with van der Waals surface area (Å²) >= 11 is 5.83. The van der Waals surface area contributed by atoms with E-state index in [-0.39, 0.29) is 47.4 Å². The van der Waals surface area contributed by atoms with Gasteiger partial charge in [-0.2, -0.15) is 4.31 Å². The molecular formula is C19H22ClN3O5S2. The van der Waals surface area contributed by atoms with Gasteiger partial charge in [0, 0.05) is 36.8 Å². The highest BCUT2D eigenvalue weighted by Crippen LogP contribution is 2.22. The molecule has 0 aromatic heterocycles. The van der Waals surface area contributed by atoms with Gasteiger partial charge in [0.15, 0.2) is 0 Å². The molecule has 0 radical (unpaired) electrons. The second-order valence-electron chi connectivity index (χ2n) is 6.83. The molecule has 8 nitrogen and oxygen atoms in total. The molecule has 2 aromatic carbocycles. The van der Waals surface area contributed by atoms with E-state index in [0.29, 0.717) is 10.6 Å². The van der Waals surface area contributed by atoms with Gasteiger partial charge in [0.05, 0.1) is 9.79 Å². The highest BCUT2D eigenvalue weighted by molar-refractivity contribution is 7.89. The van der Waals surface area contributed by atoms with Crippen LogP contribution in [0.1, 0.15) is 15.9 Å². The number of aryl methyl sites for hydroxylation is 1. The predicted octanol–water partition coefficient (Wildman–Crippen LogP) is 1.70. The quantitative estimate of drug-likeness (QED) is 0.714. The number of piperazine rings is 1. The number of carbonyl (C=O) groups is 1. The van der Waals surface area contributed by atoms with Gasteiger partial charge < -0.3 is 4.90 Å². The first-order valence-corrected chi connectivity index (χ1v) is 12.5. The van der Waals surface area contributed by atoms with E-state index >= 15 is 0 Å². The first kappa shape index (κ1) is 22.7. The minimum absolute atomic E-state index is 0.00269. The molecule has 0 aliphatic carbocycles. The molecule has 0 bridgehead atoms. The average Bonchev–Trinajstić information content (AvgIpc) is 2.74. The minimum atomic E-state index is -3.68. The molecule has 1 saturated heterocycles. The fourth-order valence-electron chi connectivity index (χ4n) is 3.17. The molecule has 1 amide bonds. The van der Waals surface area contributed by atoms with Gasteiger partial charge in [-0.05, 0) is 55.9 Å². The van der Waals surface area contributed by atoms with E-state index < -0.39 is 20.0 Å². The third kappa shape index (κ3) is 4.52. The number of hydrogen-bond donors (Lipinski definition) is 1. The van der Waals surface area contributed by atoms with Crippen molar-refractivity contribution in [2.75, 3.05) is 33.2 Å². The van der Waals surface area contributed by atoms with Gasteiger partial charge in [0.25, 0.3) is 5.91 Å². The van der Waals surface area contributed by atoms with Crippen LogP contribution in [0.4, 0.5) is 0 Å². The molecular weight excluding hydrogens is 450 g/mol. The number of sulfonamides is 2. The number of rotatable bonds is 5. The van der Waals surface area contributed by atoms with E-state index in [1.54, 1.807) is 13.0 Å². The number of carbonyl (C=O) groups excluding carboxylic acids is 1. The zero-order valence-corrected chi connectivity index (χ0v) is 18.9. The van der Waals surface area contributed by atoms with Crippen LogP contribution in [0.5, 0.6) is 0 Å². The van der Waals surface area contributed by atoms with Crippen molar-refractivity contribution in [3.05, 3.63) is 58.6 Å². The van der Waals surface area contributed by atoms with Crippen LogP contribution < -0.4 is 4.72 Å². The van der Waals surface area contributed by atoms with Crippen LogP contribution in [0.2, 0.25) is 5.02 Å². The largest absolute Gasteiger partial charge is 0.336 e. The van der Waals surface area contributed by atoms with Gasteiger partial charge >= 0.3 is 0 Å². The normalized spacial score (nSPS) is 15.9. The van der Waals surface area contributed by atoms with Gasteiger partial charge in [-0.25, -0.2) is 21.6 Å². The van der Waals surface area contributed by atoms with E-state index in [4.69, 9.17) is 11.6 Å². The van der Waals surface area contributed by atoms with Crippen molar-refractivity contribution < 1.29 is 21.6 Å². The van der Waals surface area contributed by atoms with Crippen LogP contribution >= 0.6 is 11.6 Å². The van der Waals surface area contributed by atoms with Crippen molar-refractivity contribution in [3.8, 4) is 0 Å². The van der Waals surface area contributed by atoms with Crippen LogP contribution in [0.15, 0.2) is 52.3 Å². The topological polar surface area (TPSA) is 104 Å². The standard InChI is InChI=1S/C19H22ClN3O5S2/c1-14-3-6-17(29(25,26)21-2)13-18(14)19(24)22-9-11-23(12-10-22)30(27,28)16-7-4-15(20)5-8-16/h3-8,13,21H,9-12H2,1-2H3. The molecule has 0 spiro atoms. The van der Waals surface area contributed by atoms with E-state index in [0.717, 1.165) is 0 Å². The maximum absolute atomic E-state index is 13.0. The number of nitrogens with zero attached hydrogens (tertiary/aromatic N) is 2. The summed E-state index contributed by atoms with van der Waals surface area (Å²) in [5, 5.41) is 0.447. The summed E-state index contributed by atoms with van der Waals surface area (Å²) in [4.78, 5) is 14.7. The van der Waals surface area contributed by atoms with Gasteiger partial charge in [0.2, 0.25) is 20.0 Å². The van der Waals surface area contributed by atoms with Crippen LogP contribution in [0.25, 0.3) is 0 Å². The fourth-order valence-corrected chi connectivity index (χ4v) is 5.48. The molecule has 0 atom stereocenters. The SMILES string of the molecule is CNS(=O)(=O)c1ccc(C)c(C(=O)N2CCN(S(=O)(=O)c3ccc(Cl)cc3)CC2)c1. The summed E-state index contributed by atoms with van der Waals surface area (Å²) in [5.74, 6) is -0.329. The van der Waals surface area contributed by atoms with Crippen molar-refractivity contribution >= 4 is 37.6 Å². The zero-order chi connectivity index (χ0) is 22.1. The lowest BCUT2D eigenvalue weighted by Gasteiger charge is -2.34. The predicted molar refractivity (Wildman–Crippen MR) is 114 cm³/mol. The smallest absolute Gasteiger partial charge is 0.254 e. The molecule has 1 aliphatic rings. The van der Waals surface area contributed by atoms with E-state index in [2.05, 4.69) is 4.72 Å². The Morgan fingerprint density at radius 2 is 1.50 bits per heavy atom. The number of halogens is 1. The summed E-state index contributed by atoms with van der Waals surface area (Å²) in [5.41, 5.74) is 0.923. The molecule has 2 aromatic rings. The Kier molecular flexibility index (Phi) is 6.54. The lowest BCUT2D eigenvalue weighted by atomic mass is 10.1. The molecule has 162 valence electrons. The monoisotopic (exact) mass is 471 g/mol. The molecule has 1 heterocycles. The number of amides is 1. The lowest BCUT2D eigenvalue weighted by molar-refractivity contribution is 0.0697. The molecule has 11 heteroatoms. The average molecular weight is 472 g/mol. The Hall–Kier alpha value is -1.98. The number of nitrogens with one attached hydrogen (secondary N) is 1. The van der Waals surface area contributed by atoms with Crippen molar-refractivity contribution in [1.29, 1.82) is 0 Å². The van der Waals surface area contributed by atoms with Crippen molar-refractivity contribution in [2.24, 2.45) is 0 Å². The summed E-state index contributed by atoms with van der Waals surface area (Å²) < 4.78 is 53.3. The van der Waals surface area contributed by atoms with E-state index in [1.807, 2.05) is 0 Å². The van der Waals surface area contributed by atoms with Crippen LogP contribution in [0, 0.1) is 6.92 Å². The molecule has 30 heavy (non-hydrogen) atoms. The third-order valence-corrected chi connectivity index (χ3v) is 8.57. The fraction of sp³-hybridized carbons (Fsp3) is 0.316. The first-order valence-electron chi connectivity index (χ1n) is 9.15. The summed E-state index contributed by atoms with van der Waals surface area (Å²) in [6.45, 7) is 2.42. The zero-order valence-electron chi connectivity index (χ0n) is 16.5. The van der Waals surface area contributed by atoms with Gasteiger partial charge in [-0.15, -0.1) is 0 Å². The van der Waals surface area contributed by atoms with Crippen molar-refractivity contribution in [3.63, 3.8) is 0 Å². The summed E-state index contributed by atoms with van der Waals surface area (Å²) in [7, 11) is -6.06. The second-order valence-corrected chi connectivity index (χ2v) is 11.1. The highest BCUT2D eigenvalue weighted by Gasteiger charge is 2.31. The van der Waals surface area contributed by atoms with Gasteiger partial charge in [-0.3, -0.25) is 4.79 Å². The molecule has 1 N–H and O–H groups in total. The lowest BCUT2D eigenvalue weighted by Crippen LogP contribution is -2.50. The minimum Gasteiger partial charge on any atom is -0.336 e. The number of hydrogen-bond acceptors (Lipinski definition) is 5. The second kappa shape index (κ2) is 8.64. The summed E-state index contributed by atoms with van der Waals surface area (Å²) in [6, 6.07) is 10.3. The Morgan fingerprint density at radius 3 is 2.07 bits per heavy atom. The van der Waals surface area contributed by atoms with Gasteiger partial charge in [0.1, 0.15) is 0 Å². The molecule has 3 rings (SSSR count). The molecule has 1 aliphatic heterocycles.